The van der Waals surface area contributed by atoms with Gasteiger partial charge in [-0.3, -0.25) is 0 Å². The summed E-state index contributed by atoms with van der Waals surface area (Å²) in [4.78, 5) is 0. The Morgan fingerprint density at radius 2 is 2.00 bits per heavy atom. The lowest BCUT2D eigenvalue weighted by molar-refractivity contribution is 0.651. The van der Waals surface area contributed by atoms with E-state index in [1.807, 2.05) is 24.3 Å². The summed E-state index contributed by atoms with van der Waals surface area (Å²) in [5, 5.41) is 4.25. The largest absolute Gasteiger partial charge is 0.397 e. The topological polar surface area (TPSA) is 38.0 Å². The highest BCUT2D eigenvalue weighted by atomic mass is 79.9. The van der Waals surface area contributed by atoms with Crippen molar-refractivity contribution in [3.8, 4) is 0 Å². The number of anilines is 2. The van der Waals surface area contributed by atoms with Gasteiger partial charge in [-0.2, -0.15) is 0 Å². The zero-order valence-electron chi connectivity index (χ0n) is 7.97. The molecule has 0 aromatic heterocycles. The molecule has 1 rings (SSSR count). The molecule has 1 aromatic carbocycles. The highest BCUT2D eigenvalue weighted by molar-refractivity contribution is 9.09. The lowest BCUT2D eigenvalue weighted by Gasteiger charge is -2.25. The van der Waals surface area contributed by atoms with Crippen LogP contribution in [0.15, 0.2) is 24.3 Å². The normalized spacial score (nSPS) is 11.3. The van der Waals surface area contributed by atoms with Crippen LogP contribution in [0.25, 0.3) is 0 Å². The zero-order valence-corrected chi connectivity index (χ0v) is 9.56. The lowest BCUT2D eigenvalue weighted by atomic mass is 10.1. The second kappa shape index (κ2) is 4.01. The van der Waals surface area contributed by atoms with E-state index >= 15 is 0 Å². The first-order valence-corrected chi connectivity index (χ1v) is 5.36. The van der Waals surface area contributed by atoms with Crippen LogP contribution in [0.3, 0.4) is 0 Å². The second-order valence-corrected chi connectivity index (χ2v) is 4.29. The molecule has 1 aromatic rings. The fraction of sp³-hybridized carbons (Fsp3) is 0.400. The van der Waals surface area contributed by atoms with Crippen LogP contribution in [0, 0.1) is 0 Å². The molecule has 0 amide bonds. The van der Waals surface area contributed by atoms with Gasteiger partial charge in [0.1, 0.15) is 0 Å². The van der Waals surface area contributed by atoms with Crippen LogP contribution in [0.2, 0.25) is 0 Å². The van der Waals surface area contributed by atoms with Gasteiger partial charge >= 0.3 is 0 Å². The molecule has 0 aliphatic rings. The van der Waals surface area contributed by atoms with Gasteiger partial charge in [-0.05, 0) is 26.0 Å². The number of halogens is 1. The molecule has 0 saturated carbocycles. The standard InChI is InChI=1S/C10H15BrN2/c1-10(2,7-11)13-9-6-4-3-5-8(9)12/h3-6,13H,7,12H2,1-2H3. The van der Waals surface area contributed by atoms with Crippen LogP contribution in [0.4, 0.5) is 11.4 Å². The van der Waals surface area contributed by atoms with Crippen molar-refractivity contribution in [1.29, 1.82) is 0 Å². The van der Waals surface area contributed by atoms with Crippen molar-refractivity contribution >= 4 is 27.3 Å². The van der Waals surface area contributed by atoms with Gasteiger partial charge in [0.15, 0.2) is 0 Å². The number of alkyl halides is 1. The number of hydrogen-bond donors (Lipinski definition) is 2. The second-order valence-electron chi connectivity index (χ2n) is 3.73. The van der Waals surface area contributed by atoms with Crippen LogP contribution in [0.1, 0.15) is 13.8 Å². The van der Waals surface area contributed by atoms with Gasteiger partial charge in [-0.25, -0.2) is 0 Å². The summed E-state index contributed by atoms with van der Waals surface area (Å²) in [5.74, 6) is 0. The summed E-state index contributed by atoms with van der Waals surface area (Å²) >= 11 is 3.45. The molecule has 3 N–H and O–H groups in total. The number of nitrogen functional groups attached to an aromatic ring is 1. The Labute approximate surface area is 87.6 Å². The van der Waals surface area contributed by atoms with E-state index in [0.717, 1.165) is 16.7 Å². The smallest absolute Gasteiger partial charge is 0.0578 e. The molecule has 0 saturated heterocycles. The van der Waals surface area contributed by atoms with E-state index in [1.165, 1.54) is 0 Å². The predicted octanol–water partition coefficient (Wildman–Crippen LogP) is 2.85. The third kappa shape index (κ3) is 2.92. The van der Waals surface area contributed by atoms with Crippen molar-refractivity contribution in [2.75, 3.05) is 16.4 Å². The van der Waals surface area contributed by atoms with Crippen molar-refractivity contribution in [3.63, 3.8) is 0 Å². The van der Waals surface area contributed by atoms with Gasteiger partial charge in [0.2, 0.25) is 0 Å². The molecule has 2 nitrogen and oxygen atoms in total. The predicted molar refractivity (Wildman–Crippen MR) is 62.4 cm³/mol. The van der Waals surface area contributed by atoms with Crippen LogP contribution in [0.5, 0.6) is 0 Å². The number of nitrogens with one attached hydrogen (secondary N) is 1. The molecule has 0 unspecified atom stereocenters. The molecule has 0 bridgehead atoms. The fourth-order valence-corrected chi connectivity index (χ4v) is 1.15. The Morgan fingerprint density at radius 3 is 2.54 bits per heavy atom. The Balaban J connectivity index is 2.80. The molecule has 0 heterocycles. The lowest BCUT2D eigenvalue weighted by Crippen LogP contribution is -2.32. The Hall–Kier alpha value is -0.700. The van der Waals surface area contributed by atoms with Crippen LogP contribution in [-0.4, -0.2) is 10.9 Å². The molecule has 0 aliphatic carbocycles. The molecular formula is C10H15BrN2. The fourth-order valence-electron chi connectivity index (χ4n) is 1.01. The van der Waals surface area contributed by atoms with Gasteiger partial charge in [-0.15, -0.1) is 0 Å². The molecule has 0 spiro atoms. The minimum absolute atomic E-state index is 0.0233. The van der Waals surface area contributed by atoms with E-state index in [4.69, 9.17) is 5.73 Å². The average Bonchev–Trinajstić information content (AvgIpc) is 2.09. The minimum Gasteiger partial charge on any atom is -0.397 e. The van der Waals surface area contributed by atoms with E-state index in [1.54, 1.807) is 0 Å². The highest BCUT2D eigenvalue weighted by Crippen LogP contribution is 2.22. The molecule has 13 heavy (non-hydrogen) atoms. The third-order valence-corrected chi connectivity index (χ3v) is 3.17. The highest BCUT2D eigenvalue weighted by Gasteiger charge is 2.15. The van der Waals surface area contributed by atoms with E-state index in [2.05, 4.69) is 35.1 Å². The molecule has 0 atom stereocenters. The van der Waals surface area contributed by atoms with Crippen LogP contribution < -0.4 is 11.1 Å². The van der Waals surface area contributed by atoms with Gasteiger partial charge in [0.05, 0.1) is 11.4 Å². The van der Waals surface area contributed by atoms with Gasteiger partial charge in [0.25, 0.3) is 0 Å². The van der Waals surface area contributed by atoms with Crippen molar-refractivity contribution in [2.24, 2.45) is 0 Å². The summed E-state index contributed by atoms with van der Waals surface area (Å²) in [6, 6.07) is 7.79. The maximum Gasteiger partial charge on any atom is 0.0578 e. The van der Waals surface area contributed by atoms with E-state index < -0.39 is 0 Å². The van der Waals surface area contributed by atoms with Crippen LogP contribution in [-0.2, 0) is 0 Å². The van der Waals surface area contributed by atoms with Crippen molar-refractivity contribution in [2.45, 2.75) is 19.4 Å². The summed E-state index contributed by atoms with van der Waals surface area (Å²) in [7, 11) is 0. The van der Waals surface area contributed by atoms with Crippen LogP contribution >= 0.6 is 15.9 Å². The molecule has 0 radical (unpaired) electrons. The average molecular weight is 243 g/mol. The number of nitrogens with two attached hydrogens (primary N) is 1. The maximum atomic E-state index is 5.80. The quantitative estimate of drug-likeness (QED) is 0.632. The molecule has 3 heteroatoms. The van der Waals surface area contributed by atoms with E-state index in [0.29, 0.717) is 0 Å². The van der Waals surface area contributed by atoms with Crippen molar-refractivity contribution < 1.29 is 0 Å². The third-order valence-electron chi connectivity index (χ3n) is 1.77. The van der Waals surface area contributed by atoms with E-state index in [-0.39, 0.29) is 5.54 Å². The molecule has 72 valence electrons. The first kappa shape index (κ1) is 10.4. The maximum absolute atomic E-state index is 5.80. The number of benzene rings is 1. The summed E-state index contributed by atoms with van der Waals surface area (Å²) < 4.78 is 0. The van der Waals surface area contributed by atoms with Crippen molar-refractivity contribution in [3.05, 3.63) is 24.3 Å². The SMILES string of the molecule is CC(C)(CBr)Nc1ccccc1N. The minimum atomic E-state index is 0.0233. The Bertz CT molecular complexity index is 284. The number of rotatable bonds is 3. The summed E-state index contributed by atoms with van der Waals surface area (Å²) in [5.41, 5.74) is 7.61. The van der Waals surface area contributed by atoms with Crippen molar-refractivity contribution in [1.82, 2.24) is 0 Å². The monoisotopic (exact) mass is 242 g/mol. The molecular weight excluding hydrogens is 228 g/mol. The summed E-state index contributed by atoms with van der Waals surface area (Å²) in [6.45, 7) is 4.24. The Morgan fingerprint density at radius 1 is 1.38 bits per heavy atom. The molecule has 0 fully saturated rings. The number of hydrogen-bond acceptors (Lipinski definition) is 2. The van der Waals surface area contributed by atoms with Gasteiger partial charge < -0.3 is 11.1 Å². The first-order chi connectivity index (χ1) is 6.05. The summed E-state index contributed by atoms with van der Waals surface area (Å²) in [6.07, 6.45) is 0. The number of para-hydroxylation sites is 2. The Kier molecular flexibility index (Phi) is 3.20. The van der Waals surface area contributed by atoms with Gasteiger partial charge in [-0.1, -0.05) is 28.1 Å². The zero-order chi connectivity index (χ0) is 9.90. The first-order valence-electron chi connectivity index (χ1n) is 4.24. The van der Waals surface area contributed by atoms with E-state index in [9.17, 15) is 0 Å². The molecule has 0 aliphatic heterocycles. The van der Waals surface area contributed by atoms with Gasteiger partial charge in [0, 0.05) is 10.9 Å².